The quantitative estimate of drug-likeness (QED) is 0.386. The van der Waals surface area contributed by atoms with E-state index in [-0.39, 0.29) is 42.6 Å². The Bertz CT molecular complexity index is 1730. The second kappa shape index (κ2) is 10.2. The van der Waals surface area contributed by atoms with E-state index in [9.17, 15) is 14.4 Å². The fourth-order valence-corrected chi connectivity index (χ4v) is 6.20. The van der Waals surface area contributed by atoms with Crippen LogP contribution in [0.4, 0.5) is 10.6 Å². The van der Waals surface area contributed by atoms with Crippen LogP contribution in [0.3, 0.4) is 0 Å². The number of amides is 1. The lowest BCUT2D eigenvalue weighted by Crippen LogP contribution is -2.46. The normalized spacial score (nSPS) is 21.9. The topological polar surface area (TPSA) is 121 Å². The molecule has 1 aromatic carbocycles. The van der Waals surface area contributed by atoms with Gasteiger partial charge in [-0.25, -0.2) is 9.78 Å². The molecule has 1 saturated heterocycles. The summed E-state index contributed by atoms with van der Waals surface area (Å²) in [5, 5.41) is 9.08. The molecule has 4 aromatic rings. The van der Waals surface area contributed by atoms with Crippen LogP contribution in [0.15, 0.2) is 59.5 Å². The molecule has 2 aliphatic heterocycles. The summed E-state index contributed by atoms with van der Waals surface area (Å²) in [4.78, 5) is 43.7. The fourth-order valence-electron chi connectivity index (χ4n) is 6.20. The molecular weight excluding hydrogens is 524 g/mol. The van der Waals surface area contributed by atoms with Crippen LogP contribution in [-0.4, -0.2) is 62.5 Å². The maximum atomic E-state index is 12.9. The number of hydrogen-bond acceptors (Lipinski definition) is 8. The number of hydrogen-bond donors (Lipinski definition) is 1. The molecule has 2 fully saturated rings. The molecule has 41 heavy (non-hydrogen) atoms. The second-order valence-electron chi connectivity index (χ2n) is 10.9. The van der Waals surface area contributed by atoms with Crippen LogP contribution in [0.5, 0.6) is 5.75 Å². The van der Waals surface area contributed by atoms with Crippen LogP contribution in [0.25, 0.3) is 22.2 Å². The fraction of sp³-hybridized carbons (Fsp3) is 0.367. The van der Waals surface area contributed by atoms with E-state index < -0.39 is 6.09 Å². The standard InChI is InChI=1S/C30H30N6O5/c1-34-12-10-22(33-34)19-3-2-18-4-9-29(38)35(25(18)14-19)13-11-31-20-5-6-24-27(15-20)41-30(39)36(24)28-8-7-26-23(32-28)16-21(37)17-40-26/h2-4,7-10,12,14,20,24,27,31H,5-6,11,13,15-17H2,1H3/t20-,24?,27-/m0/s1. The summed E-state index contributed by atoms with van der Waals surface area (Å²) in [7, 11) is 1.88. The van der Waals surface area contributed by atoms with Gasteiger partial charge in [0.15, 0.2) is 5.78 Å². The smallest absolute Gasteiger partial charge is 0.416 e. The number of fused-ring (bicyclic) bond motifs is 3. The van der Waals surface area contributed by atoms with E-state index in [1.165, 1.54) is 0 Å². The number of rotatable bonds is 6. The highest BCUT2D eigenvalue weighted by Gasteiger charge is 2.46. The molecule has 1 N–H and O–H groups in total. The van der Waals surface area contributed by atoms with Gasteiger partial charge in [0.05, 0.1) is 29.4 Å². The number of nitrogens with one attached hydrogen (secondary N) is 1. The molecule has 5 heterocycles. The van der Waals surface area contributed by atoms with Crippen LogP contribution in [0.1, 0.15) is 25.0 Å². The molecule has 1 unspecified atom stereocenters. The summed E-state index contributed by atoms with van der Waals surface area (Å²) in [6.45, 7) is 1.17. The van der Waals surface area contributed by atoms with E-state index in [1.54, 1.807) is 32.3 Å². The average Bonchev–Trinajstić information content (AvgIpc) is 3.55. The molecule has 7 rings (SSSR count). The Morgan fingerprint density at radius 3 is 2.78 bits per heavy atom. The first kappa shape index (κ1) is 25.5. The van der Waals surface area contributed by atoms with Crippen molar-refractivity contribution in [1.29, 1.82) is 0 Å². The number of aromatic nitrogens is 4. The van der Waals surface area contributed by atoms with Crippen molar-refractivity contribution in [3.05, 3.63) is 70.8 Å². The number of anilines is 1. The number of nitrogens with zero attached hydrogens (tertiary/aromatic N) is 5. The average molecular weight is 555 g/mol. The number of ketones is 1. The SMILES string of the molecule is Cn1ccc(-c2ccc3ccc(=O)n(CCN[C@H]4CCC5[C@H](C4)OC(=O)N5c4ccc5c(n4)CC(=O)CO5)c3c2)n1. The van der Waals surface area contributed by atoms with Crippen LogP contribution < -0.4 is 20.5 Å². The predicted molar refractivity (Wildman–Crippen MR) is 151 cm³/mol. The van der Waals surface area contributed by atoms with E-state index in [1.807, 2.05) is 43.6 Å². The third-order valence-electron chi connectivity index (χ3n) is 8.23. The molecule has 1 amide bonds. The molecule has 0 bridgehead atoms. The highest BCUT2D eigenvalue weighted by Crippen LogP contribution is 2.36. The minimum Gasteiger partial charge on any atom is -0.484 e. The first-order valence-corrected chi connectivity index (χ1v) is 13.9. The molecule has 210 valence electrons. The zero-order valence-electron chi connectivity index (χ0n) is 22.7. The number of benzene rings is 1. The molecule has 3 aromatic heterocycles. The first-order valence-electron chi connectivity index (χ1n) is 13.9. The highest BCUT2D eigenvalue weighted by molar-refractivity contribution is 5.90. The van der Waals surface area contributed by atoms with Gasteiger partial charge in [0, 0.05) is 50.4 Å². The highest BCUT2D eigenvalue weighted by atomic mass is 16.6. The Morgan fingerprint density at radius 2 is 1.93 bits per heavy atom. The van der Waals surface area contributed by atoms with E-state index in [0.29, 0.717) is 36.8 Å². The maximum absolute atomic E-state index is 12.9. The van der Waals surface area contributed by atoms with Crippen molar-refractivity contribution in [1.82, 2.24) is 24.6 Å². The molecule has 11 heteroatoms. The van der Waals surface area contributed by atoms with Gasteiger partial charge in [-0.2, -0.15) is 5.10 Å². The zero-order valence-corrected chi connectivity index (χ0v) is 22.7. The second-order valence-corrected chi connectivity index (χ2v) is 10.9. The summed E-state index contributed by atoms with van der Waals surface area (Å²) in [6.07, 6.45) is 3.72. The van der Waals surface area contributed by atoms with Gasteiger partial charge in [-0.3, -0.25) is 19.2 Å². The van der Waals surface area contributed by atoms with Crippen LogP contribution in [0, 0.1) is 0 Å². The summed E-state index contributed by atoms with van der Waals surface area (Å²) in [5.74, 6) is 1.05. The summed E-state index contributed by atoms with van der Waals surface area (Å²) >= 11 is 0. The Morgan fingerprint density at radius 1 is 1.05 bits per heavy atom. The number of pyridine rings is 2. The van der Waals surface area contributed by atoms with Crippen molar-refractivity contribution in [2.24, 2.45) is 7.05 Å². The van der Waals surface area contributed by atoms with Gasteiger partial charge in [0.1, 0.15) is 24.3 Å². The van der Waals surface area contributed by atoms with E-state index in [2.05, 4.69) is 15.4 Å². The van der Waals surface area contributed by atoms with Gasteiger partial charge in [-0.1, -0.05) is 12.1 Å². The van der Waals surface area contributed by atoms with Gasteiger partial charge >= 0.3 is 6.09 Å². The maximum Gasteiger partial charge on any atom is 0.416 e. The Kier molecular flexibility index (Phi) is 6.30. The lowest BCUT2D eigenvalue weighted by molar-refractivity contribution is -0.121. The Labute approximate surface area is 235 Å². The minimum atomic E-state index is -0.415. The van der Waals surface area contributed by atoms with Gasteiger partial charge in [-0.05, 0) is 48.6 Å². The van der Waals surface area contributed by atoms with Crippen molar-refractivity contribution >= 4 is 28.6 Å². The minimum absolute atomic E-state index is 0.0324. The van der Waals surface area contributed by atoms with Gasteiger partial charge in [0.25, 0.3) is 5.56 Å². The molecule has 1 aliphatic carbocycles. The summed E-state index contributed by atoms with van der Waals surface area (Å²) in [6, 6.07) is 15.0. The number of carbonyl (C=O) groups is 2. The van der Waals surface area contributed by atoms with Gasteiger partial charge in [-0.15, -0.1) is 0 Å². The lowest BCUT2D eigenvalue weighted by atomic mass is 9.88. The molecule has 0 radical (unpaired) electrons. The molecule has 0 spiro atoms. The number of Topliss-reactive ketones (excluding diaryl/α,β-unsaturated/α-hetero) is 1. The van der Waals surface area contributed by atoms with E-state index in [0.717, 1.165) is 35.0 Å². The van der Waals surface area contributed by atoms with Crippen molar-refractivity contribution in [3.63, 3.8) is 0 Å². The predicted octanol–water partition coefficient (Wildman–Crippen LogP) is 2.84. The van der Waals surface area contributed by atoms with E-state index >= 15 is 0 Å². The lowest BCUT2D eigenvalue weighted by Gasteiger charge is -2.33. The monoisotopic (exact) mass is 554 g/mol. The van der Waals surface area contributed by atoms with Crippen molar-refractivity contribution < 1.29 is 19.1 Å². The molecule has 3 atom stereocenters. The van der Waals surface area contributed by atoms with Gasteiger partial charge < -0.3 is 19.4 Å². The van der Waals surface area contributed by atoms with Crippen LogP contribution >= 0.6 is 0 Å². The summed E-state index contributed by atoms with van der Waals surface area (Å²) < 4.78 is 14.8. The Balaban J connectivity index is 1.02. The number of aryl methyl sites for hydroxylation is 1. The third kappa shape index (κ3) is 4.76. The molecule has 11 nitrogen and oxygen atoms in total. The molecular formula is C30H30N6O5. The molecule has 3 aliphatic rings. The first-order chi connectivity index (χ1) is 19.9. The summed E-state index contributed by atoms with van der Waals surface area (Å²) in [5.41, 5.74) is 3.20. The van der Waals surface area contributed by atoms with Crippen molar-refractivity contribution in [2.75, 3.05) is 18.1 Å². The largest absolute Gasteiger partial charge is 0.484 e. The van der Waals surface area contributed by atoms with Crippen LogP contribution in [-0.2, 0) is 29.5 Å². The van der Waals surface area contributed by atoms with Crippen molar-refractivity contribution in [3.8, 4) is 17.0 Å². The number of carbonyl (C=O) groups excluding carboxylic acids is 2. The zero-order chi connectivity index (χ0) is 28.1. The van der Waals surface area contributed by atoms with Crippen LogP contribution in [0.2, 0.25) is 0 Å². The van der Waals surface area contributed by atoms with Crippen molar-refractivity contribution in [2.45, 2.75) is 50.4 Å². The van der Waals surface area contributed by atoms with Gasteiger partial charge in [0.2, 0.25) is 0 Å². The van der Waals surface area contributed by atoms with E-state index in [4.69, 9.17) is 9.47 Å². The number of ether oxygens (including phenoxy) is 2. The Hall–Kier alpha value is -4.51. The molecule has 1 saturated carbocycles. The third-order valence-corrected chi connectivity index (χ3v) is 8.23.